The first-order valence-electron chi connectivity index (χ1n) is 19.1. The largest absolute Gasteiger partial charge is 0.309 e. The van der Waals surface area contributed by atoms with E-state index >= 15 is 0 Å². The first-order valence-corrected chi connectivity index (χ1v) is 19.1. The maximum absolute atomic E-state index is 4.29. The molecule has 262 valence electrons. The van der Waals surface area contributed by atoms with Crippen molar-refractivity contribution >= 4 is 43.6 Å². The Hall–Kier alpha value is -7.49. The lowest BCUT2D eigenvalue weighted by molar-refractivity contribution is 1.18. The van der Waals surface area contributed by atoms with Gasteiger partial charge in [-0.05, 0) is 117 Å². The van der Waals surface area contributed by atoms with Gasteiger partial charge in [-0.1, -0.05) is 127 Å². The highest BCUT2D eigenvalue weighted by atomic mass is 15.0. The SMILES string of the molecule is c1ccc(-c2cccc(-n3c4ccccc4c4ccc(-c5ccc6c(c5)c5ccccc5n6-c5cc(-c6ccccc6)cc(-c6ccncc6)c5)cc43)c2)cc1. The van der Waals surface area contributed by atoms with Crippen LogP contribution in [0.25, 0.3) is 99.5 Å². The molecule has 0 saturated carbocycles. The molecular formula is C53H35N3. The van der Waals surface area contributed by atoms with E-state index in [0.29, 0.717) is 0 Å². The zero-order valence-corrected chi connectivity index (χ0v) is 30.5. The molecule has 0 radical (unpaired) electrons. The Labute approximate surface area is 325 Å². The van der Waals surface area contributed by atoms with Gasteiger partial charge in [0.2, 0.25) is 0 Å². The molecule has 3 heterocycles. The van der Waals surface area contributed by atoms with Crippen LogP contribution in [0.5, 0.6) is 0 Å². The molecule has 0 aliphatic rings. The van der Waals surface area contributed by atoms with Gasteiger partial charge in [-0.15, -0.1) is 0 Å². The summed E-state index contributed by atoms with van der Waals surface area (Å²) in [6.07, 6.45) is 3.73. The number of aromatic nitrogens is 3. The number of hydrogen-bond acceptors (Lipinski definition) is 1. The van der Waals surface area contributed by atoms with Crippen LogP contribution in [0.2, 0.25) is 0 Å². The summed E-state index contributed by atoms with van der Waals surface area (Å²) in [6.45, 7) is 0. The summed E-state index contributed by atoms with van der Waals surface area (Å²) in [5.41, 5.74) is 16.5. The number of pyridine rings is 1. The third-order valence-electron chi connectivity index (χ3n) is 11.2. The molecule has 56 heavy (non-hydrogen) atoms. The predicted octanol–water partition coefficient (Wildman–Crippen LogP) is 13.9. The van der Waals surface area contributed by atoms with Crippen LogP contribution in [0.3, 0.4) is 0 Å². The Morgan fingerprint density at radius 1 is 0.250 bits per heavy atom. The molecule has 0 saturated heterocycles. The van der Waals surface area contributed by atoms with Crippen molar-refractivity contribution in [2.75, 3.05) is 0 Å². The number of para-hydroxylation sites is 2. The Kier molecular flexibility index (Phi) is 7.49. The number of benzene rings is 8. The minimum Gasteiger partial charge on any atom is -0.309 e. The van der Waals surface area contributed by atoms with E-state index in [2.05, 4.69) is 214 Å². The van der Waals surface area contributed by atoms with E-state index in [-0.39, 0.29) is 0 Å². The van der Waals surface area contributed by atoms with Crippen LogP contribution in [0.4, 0.5) is 0 Å². The van der Waals surface area contributed by atoms with Crippen molar-refractivity contribution < 1.29 is 0 Å². The maximum Gasteiger partial charge on any atom is 0.0547 e. The lowest BCUT2D eigenvalue weighted by Gasteiger charge is -2.14. The van der Waals surface area contributed by atoms with Crippen molar-refractivity contribution in [2.24, 2.45) is 0 Å². The molecule has 0 atom stereocenters. The number of hydrogen-bond donors (Lipinski definition) is 0. The van der Waals surface area contributed by atoms with Gasteiger partial charge in [0.25, 0.3) is 0 Å². The standard InChI is InChI=1S/C53H35N3/c1-3-12-36(13-4-1)39-16-11-17-44(31-39)55-50-20-9-7-18-46(50)48-24-22-41(35-53(48)55)40-23-25-52-49(34-40)47-19-8-10-21-51(47)56(52)45-32-42(37-14-5-2-6-15-37)30-43(33-45)38-26-28-54-29-27-38/h1-35H. The number of rotatable bonds is 6. The van der Waals surface area contributed by atoms with Crippen molar-refractivity contribution in [2.45, 2.75) is 0 Å². The van der Waals surface area contributed by atoms with Gasteiger partial charge in [-0.3, -0.25) is 4.98 Å². The molecule has 8 aromatic carbocycles. The zero-order valence-electron chi connectivity index (χ0n) is 30.5. The fourth-order valence-corrected chi connectivity index (χ4v) is 8.56. The predicted molar refractivity (Wildman–Crippen MR) is 235 cm³/mol. The average Bonchev–Trinajstić information content (AvgIpc) is 3.79. The van der Waals surface area contributed by atoms with Gasteiger partial charge in [-0.2, -0.15) is 0 Å². The normalized spacial score (nSPS) is 11.6. The highest BCUT2D eigenvalue weighted by Gasteiger charge is 2.17. The fourth-order valence-electron chi connectivity index (χ4n) is 8.56. The summed E-state index contributed by atoms with van der Waals surface area (Å²) in [7, 11) is 0. The van der Waals surface area contributed by atoms with Crippen molar-refractivity contribution in [3.05, 3.63) is 213 Å². The second-order valence-electron chi connectivity index (χ2n) is 14.5. The second-order valence-corrected chi connectivity index (χ2v) is 14.5. The molecule has 11 aromatic rings. The van der Waals surface area contributed by atoms with E-state index in [1.54, 1.807) is 0 Å². The van der Waals surface area contributed by atoms with Gasteiger partial charge in [-0.25, -0.2) is 0 Å². The van der Waals surface area contributed by atoms with Crippen LogP contribution >= 0.6 is 0 Å². The first-order chi connectivity index (χ1) is 27.8. The van der Waals surface area contributed by atoms with Gasteiger partial charge in [0, 0.05) is 45.3 Å². The van der Waals surface area contributed by atoms with Crippen LogP contribution in [0.1, 0.15) is 0 Å². The summed E-state index contributed by atoms with van der Waals surface area (Å²) in [4.78, 5) is 4.29. The molecule has 3 nitrogen and oxygen atoms in total. The molecule has 3 aromatic heterocycles. The summed E-state index contributed by atoms with van der Waals surface area (Å²) >= 11 is 0. The van der Waals surface area contributed by atoms with Crippen molar-refractivity contribution in [3.63, 3.8) is 0 Å². The van der Waals surface area contributed by atoms with Gasteiger partial charge in [0.05, 0.1) is 22.1 Å². The average molecular weight is 714 g/mol. The molecule has 0 spiro atoms. The summed E-state index contributed by atoms with van der Waals surface area (Å²) < 4.78 is 4.84. The molecule has 0 aliphatic carbocycles. The molecule has 11 rings (SSSR count). The molecule has 0 amide bonds. The van der Waals surface area contributed by atoms with Crippen LogP contribution in [-0.2, 0) is 0 Å². The molecule has 0 bridgehead atoms. The minimum atomic E-state index is 1.13. The Balaban J connectivity index is 1.09. The highest BCUT2D eigenvalue weighted by Crippen LogP contribution is 2.40. The van der Waals surface area contributed by atoms with Crippen molar-refractivity contribution in [1.29, 1.82) is 0 Å². The zero-order chi connectivity index (χ0) is 37.0. The van der Waals surface area contributed by atoms with E-state index < -0.39 is 0 Å². The Bertz CT molecular complexity index is 3170. The quantitative estimate of drug-likeness (QED) is 0.168. The lowest BCUT2D eigenvalue weighted by Crippen LogP contribution is -1.96. The topological polar surface area (TPSA) is 22.8 Å². The maximum atomic E-state index is 4.29. The van der Waals surface area contributed by atoms with Crippen LogP contribution in [-0.4, -0.2) is 14.1 Å². The lowest BCUT2D eigenvalue weighted by atomic mass is 9.98. The van der Waals surface area contributed by atoms with Gasteiger partial charge in [0.1, 0.15) is 0 Å². The number of fused-ring (bicyclic) bond motifs is 6. The van der Waals surface area contributed by atoms with Crippen molar-refractivity contribution in [3.8, 4) is 55.9 Å². The van der Waals surface area contributed by atoms with E-state index in [1.165, 1.54) is 77.0 Å². The summed E-state index contributed by atoms with van der Waals surface area (Å²) in [6, 6.07) is 72.7. The minimum absolute atomic E-state index is 1.13. The third kappa shape index (κ3) is 5.32. The fraction of sp³-hybridized carbons (Fsp3) is 0. The summed E-state index contributed by atoms with van der Waals surface area (Å²) in [5.74, 6) is 0. The molecule has 3 heteroatoms. The van der Waals surface area contributed by atoms with Crippen LogP contribution < -0.4 is 0 Å². The first kappa shape index (κ1) is 32.0. The Morgan fingerprint density at radius 3 is 1.45 bits per heavy atom. The van der Waals surface area contributed by atoms with Gasteiger partial charge < -0.3 is 9.13 Å². The molecular weight excluding hydrogens is 679 g/mol. The smallest absolute Gasteiger partial charge is 0.0547 e. The van der Waals surface area contributed by atoms with Gasteiger partial charge in [0.15, 0.2) is 0 Å². The monoisotopic (exact) mass is 713 g/mol. The van der Waals surface area contributed by atoms with E-state index in [0.717, 1.165) is 22.5 Å². The van der Waals surface area contributed by atoms with Crippen molar-refractivity contribution in [1.82, 2.24) is 14.1 Å². The third-order valence-corrected chi connectivity index (χ3v) is 11.2. The van der Waals surface area contributed by atoms with E-state index in [9.17, 15) is 0 Å². The van der Waals surface area contributed by atoms with E-state index in [1.807, 2.05) is 12.4 Å². The molecule has 0 N–H and O–H groups in total. The molecule has 0 unspecified atom stereocenters. The van der Waals surface area contributed by atoms with E-state index in [4.69, 9.17) is 0 Å². The van der Waals surface area contributed by atoms with Crippen LogP contribution in [0.15, 0.2) is 213 Å². The highest BCUT2D eigenvalue weighted by molar-refractivity contribution is 6.12. The second kappa shape index (κ2) is 13.1. The molecule has 0 aliphatic heterocycles. The Morgan fingerprint density at radius 2 is 0.732 bits per heavy atom. The summed E-state index contributed by atoms with van der Waals surface area (Å²) in [5, 5.41) is 4.95. The van der Waals surface area contributed by atoms with Crippen LogP contribution in [0, 0.1) is 0 Å². The molecule has 0 fully saturated rings. The number of nitrogens with zero attached hydrogens (tertiary/aromatic N) is 3. The van der Waals surface area contributed by atoms with Gasteiger partial charge >= 0.3 is 0 Å².